The number of pyridine rings is 1. The van der Waals surface area contributed by atoms with Crippen LogP contribution in [0, 0.1) is 5.82 Å². The molecule has 0 spiro atoms. The van der Waals surface area contributed by atoms with Gasteiger partial charge in [0.15, 0.2) is 11.6 Å². The van der Waals surface area contributed by atoms with Crippen LogP contribution < -0.4 is 10.2 Å². The predicted octanol–water partition coefficient (Wildman–Crippen LogP) is 2.57. The van der Waals surface area contributed by atoms with Gasteiger partial charge in [0.25, 0.3) is 0 Å². The second kappa shape index (κ2) is 7.22. The van der Waals surface area contributed by atoms with Gasteiger partial charge in [0.05, 0.1) is 0 Å². The first-order chi connectivity index (χ1) is 8.24. The Morgan fingerprint density at radius 2 is 2.00 bits per heavy atom. The zero-order valence-electron chi connectivity index (χ0n) is 11.0. The largest absolute Gasteiger partial charge is 0.355 e. The second-order valence-corrected chi connectivity index (χ2v) is 3.96. The Labute approximate surface area is 103 Å². The number of nitrogens with one attached hydrogen (secondary N) is 1. The Balaban J connectivity index is 2.82. The SMILES string of the molecule is CCCNCc1ccnc(N(CC)CC)c1F. The van der Waals surface area contributed by atoms with E-state index in [4.69, 9.17) is 0 Å². The minimum atomic E-state index is -0.195. The van der Waals surface area contributed by atoms with Crippen LogP contribution in [0.2, 0.25) is 0 Å². The topological polar surface area (TPSA) is 28.2 Å². The number of rotatable bonds is 7. The monoisotopic (exact) mass is 239 g/mol. The molecule has 0 saturated heterocycles. The fourth-order valence-corrected chi connectivity index (χ4v) is 1.75. The third-order valence-electron chi connectivity index (χ3n) is 2.76. The molecule has 0 aliphatic rings. The van der Waals surface area contributed by atoms with Crippen molar-refractivity contribution in [1.29, 1.82) is 0 Å². The van der Waals surface area contributed by atoms with Crippen molar-refractivity contribution in [3.05, 3.63) is 23.6 Å². The highest BCUT2D eigenvalue weighted by Crippen LogP contribution is 2.18. The third kappa shape index (κ3) is 3.66. The highest BCUT2D eigenvalue weighted by Gasteiger charge is 2.13. The number of nitrogens with zero attached hydrogens (tertiary/aromatic N) is 2. The van der Waals surface area contributed by atoms with Gasteiger partial charge < -0.3 is 10.2 Å². The Bertz CT molecular complexity index is 337. The molecule has 1 aromatic rings. The van der Waals surface area contributed by atoms with Crippen LogP contribution in [0.15, 0.2) is 12.3 Å². The van der Waals surface area contributed by atoms with Crippen LogP contribution in [0.3, 0.4) is 0 Å². The van der Waals surface area contributed by atoms with Gasteiger partial charge in [0, 0.05) is 31.4 Å². The molecule has 0 amide bonds. The van der Waals surface area contributed by atoms with Gasteiger partial charge in [-0.3, -0.25) is 0 Å². The van der Waals surface area contributed by atoms with Crippen molar-refractivity contribution >= 4 is 5.82 Å². The molecule has 1 rings (SSSR count). The molecule has 0 bridgehead atoms. The normalized spacial score (nSPS) is 10.6. The summed E-state index contributed by atoms with van der Waals surface area (Å²) in [5, 5.41) is 3.21. The fourth-order valence-electron chi connectivity index (χ4n) is 1.75. The molecular formula is C13H22FN3. The summed E-state index contributed by atoms with van der Waals surface area (Å²) in [6.07, 6.45) is 2.73. The van der Waals surface area contributed by atoms with Crippen molar-refractivity contribution in [2.75, 3.05) is 24.5 Å². The first-order valence-electron chi connectivity index (χ1n) is 6.33. The van der Waals surface area contributed by atoms with E-state index in [1.165, 1.54) is 0 Å². The van der Waals surface area contributed by atoms with Crippen LogP contribution in [0.25, 0.3) is 0 Å². The molecular weight excluding hydrogens is 217 g/mol. The van der Waals surface area contributed by atoms with Crippen molar-refractivity contribution in [1.82, 2.24) is 10.3 Å². The highest BCUT2D eigenvalue weighted by molar-refractivity contribution is 5.42. The van der Waals surface area contributed by atoms with Crippen molar-refractivity contribution in [3.63, 3.8) is 0 Å². The molecule has 0 aliphatic heterocycles. The lowest BCUT2D eigenvalue weighted by molar-refractivity contribution is 0.575. The molecule has 17 heavy (non-hydrogen) atoms. The minimum Gasteiger partial charge on any atom is -0.355 e. The van der Waals surface area contributed by atoms with Gasteiger partial charge >= 0.3 is 0 Å². The van der Waals surface area contributed by atoms with E-state index in [1.54, 1.807) is 12.3 Å². The van der Waals surface area contributed by atoms with Gasteiger partial charge in [-0.15, -0.1) is 0 Å². The molecule has 0 saturated carbocycles. The summed E-state index contributed by atoms with van der Waals surface area (Å²) in [6, 6.07) is 1.74. The summed E-state index contributed by atoms with van der Waals surface area (Å²) < 4.78 is 14.2. The van der Waals surface area contributed by atoms with E-state index in [0.29, 0.717) is 17.9 Å². The van der Waals surface area contributed by atoms with Crippen LogP contribution in [0.1, 0.15) is 32.8 Å². The van der Waals surface area contributed by atoms with Crippen LogP contribution in [-0.4, -0.2) is 24.6 Å². The van der Waals surface area contributed by atoms with E-state index in [1.807, 2.05) is 18.7 Å². The molecule has 96 valence electrons. The van der Waals surface area contributed by atoms with Crippen LogP contribution in [0.5, 0.6) is 0 Å². The Hall–Kier alpha value is -1.16. The lowest BCUT2D eigenvalue weighted by Gasteiger charge is -2.21. The van der Waals surface area contributed by atoms with Gasteiger partial charge in [-0.25, -0.2) is 9.37 Å². The maximum atomic E-state index is 14.2. The van der Waals surface area contributed by atoms with E-state index in [-0.39, 0.29) is 5.82 Å². The van der Waals surface area contributed by atoms with Gasteiger partial charge in [-0.1, -0.05) is 6.92 Å². The molecule has 4 heteroatoms. The summed E-state index contributed by atoms with van der Waals surface area (Å²) in [6.45, 7) is 9.12. The third-order valence-corrected chi connectivity index (χ3v) is 2.76. The maximum Gasteiger partial charge on any atom is 0.170 e. The lowest BCUT2D eigenvalue weighted by Crippen LogP contribution is -2.25. The van der Waals surface area contributed by atoms with Crippen molar-refractivity contribution in [2.24, 2.45) is 0 Å². The Morgan fingerprint density at radius 1 is 1.29 bits per heavy atom. The number of hydrogen-bond acceptors (Lipinski definition) is 3. The molecule has 0 aliphatic carbocycles. The molecule has 1 heterocycles. The Kier molecular flexibility index (Phi) is 5.91. The number of anilines is 1. The number of halogens is 1. The quantitative estimate of drug-likeness (QED) is 0.741. The van der Waals surface area contributed by atoms with Gasteiger partial charge in [0.1, 0.15) is 0 Å². The minimum absolute atomic E-state index is 0.195. The van der Waals surface area contributed by atoms with Gasteiger partial charge in [0.2, 0.25) is 0 Å². The maximum absolute atomic E-state index is 14.2. The molecule has 0 radical (unpaired) electrons. The fraction of sp³-hybridized carbons (Fsp3) is 0.615. The molecule has 0 aromatic carbocycles. The van der Waals surface area contributed by atoms with E-state index in [9.17, 15) is 4.39 Å². The van der Waals surface area contributed by atoms with Gasteiger partial charge in [-0.05, 0) is 32.9 Å². The Morgan fingerprint density at radius 3 is 2.59 bits per heavy atom. The summed E-state index contributed by atoms with van der Waals surface area (Å²) in [4.78, 5) is 6.06. The zero-order chi connectivity index (χ0) is 12.7. The molecule has 0 fully saturated rings. The molecule has 0 unspecified atom stereocenters. The number of aromatic nitrogens is 1. The van der Waals surface area contributed by atoms with Crippen molar-refractivity contribution in [2.45, 2.75) is 33.7 Å². The van der Waals surface area contributed by atoms with Crippen molar-refractivity contribution in [3.8, 4) is 0 Å². The molecule has 1 N–H and O–H groups in total. The lowest BCUT2D eigenvalue weighted by atomic mass is 10.2. The van der Waals surface area contributed by atoms with E-state index in [2.05, 4.69) is 17.2 Å². The summed E-state index contributed by atoms with van der Waals surface area (Å²) in [5.41, 5.74) is 0.690. The average Bonchev–Trinajstić information content (AvgIpc) is 2.35. The average molecular weight is 239 g/mol. The molecule has 3 nitrogen and oxygen atoms in total. The molecule has 1 aromatic heterocycles. The first-order valence-corrected chi connectivity index (χ1v) is 6.33. The van der Waals surface area contributed by atoms with Crippen LogP contribution in [0.4, 0.5) is 10.2 Å². The first kappa shape index (κ1) is 13.9. The van der Waals surface area contributed by atoms with Gasteiger partial charge in [-0.2, -0.15) is 0 Å². The van der Waals surface area contributed by atoms with E-state index in [0.717, 1.165) is 26.1 Å². The second-order valence-electron chi connectivity index (χ2n) is 3.96. The van der Waals surface area contributed by atoms with E-state index < -0.39 is 0 Å². The van der Waals surface area contributed by atoms with Crippen molar-refractivity contribution < 1.29 is 4.39 Å². The number of hydrogen-bond donors (Lipinski definition) is 1. The smallest absolute Gasteiger partial charge is 0.170 e. The summed E-state index contributed by atoms with van der Waals surface area (Å²) in [7, 11) is 0. The highest BCUT2D eigenvalue weighted by atomic mass is 19.1. The summed E-state index contributed by atoms with van der Waals surface area (Å²) in [5.74, 6) is 0.269. The zero-order valence-corrected chi connectivity index (χ0v) is 11.0. The summed E-state index contributed by atoms with van der Waals surface area (Å²) >= 11 is 0. The standard InChI is InChI=1S/C13H22FN3/c1-4-8-15-10-11-7-9-16-13(12(11)14)17(5-2)6-3/h7,9,15H,4-6,8,10H2,1-3H3. The van der Waals surface area contributed by atoms with Crippen LogP contribution >= 0.6 is 0 Å². The predicted molar refractivity (Wildman–Crippen MR) is 69.8 cm³/mol. The molecule has 0 atom stereocenters. The van der Waals surface area contributed by atoms with E-state index >= 15 is 0 Å². The van der Waals surface area contributed by atoms with Crippen LogP contribution in [-0.2, 0) is 6.54 Å².